The van der Waals surface area contributed by atoms with Crippen LogP contribution in [0.5, 0.6) is 0 Å². The summed E-state index contributed by atoms with van der Waals surface area (Å²) in [5, 5.41) is 6.00. The maximum absolute atomic E-state index is 12.4. The van der Waals surface area contributed by atoms with Crippen LogP contribution in [0.25, 0.3) is 11.0 Å². The van der Waals surface area contributed by atoms with E-state index in [0.29, 0.717) is 11.3 Å². The minimum atomic E-state index is -3.81. The Kier molecular flexibility index (Phi) is 7.11. The number of nitrogens with zero attached hydrogens (tertiary/aromatic N) is 3. The van der Waals surface area contributed by atoms with E-state index in [0.717, 1.165) is 35.6 Å². The highest BCUT2D eigenvalue weighted by molar-refractivity contribution is 7.98. The highest BCUT2D eigenvalue weighted by Gasteiger charge is 2.18. The summed E-state index contributed by atoms with van der Waals surface area (Å²) in [5.74, 6) is 0.522. The van der Waals surface area contributed by atoms with Crippen molar-refractivity contribution in [1.82, 2.24) is 13.9 Å². The number of aromatic nitrogens is 2. The second-order valence-corrected chi connectivity index (χ2v) is 12.0. The molecule has 0 atom stereocenters. The predicted octanol–water partition coefficient (Wildman–Crippen LogP) is 3.03. The Hall–Kier alpha value is -1.92. The molecule has 0 amide bonds. The molecule has 1 aromatic heterocycles. The summed E-state index contributed by atoms with van der Waals surface area (Å²) in [4.78, 5) is 4.90. The molecule has 8 nitrogen and oxygen atoms in total. The third kappa shape index (κ3) is 5.29. The molecule has 2 N–H and O–H groups in total. The molecule has 2 aromatic carbocycles. The maximum atomic E-state index is 12.4. The molecule has 168 valence electrons. The van der Waals surface area contributed by atoms with Crippen molar-refractivity contribution in [3.05, 3.63) is 48.0 Å². The Morgan fingerprint density at radius 1 is 1.06 bits per heavy atom. The van der Waals surface area contributed by atoms with Crippen LogP contribution >= 0.6 is 11.8 Å². The Morgan fingerprint density at radius 3 is 2.45 bits per heavy atom. The van der Waals surface area contributed by atoms with Gasteiger partial charge in [0.1, 0.15) is 0 Å². The molecule has 0 aliphatic rings. The van der Waals surface area contributed by atoms with E-state index in [1.54, 1.807) is 24.3 Å². The SMILES string of the molecule is CCCCn1c(SCc2cccc(S(=O)(=O)N(C)C)c2)nc2cc(S(N)(=O)=O)ccc21. The zero-order valence-corrected chi connectivity index (χ0v) is 20.1. The molecule has 0 spiro atoms. The van der Waals surface area contributed by atoms with Crippen LogP contribution in [0.1, 0.15) is 25.3 Å². The minimum absolute atomic E-state index is 0.0262. The van der Waals surface area contributed by atoms with Gasteiger partial charge in [-0.05, 0) is 42.3 Å². The van der Waals surface area contributed by atoms with Gasteiger partial charge in [-0.25, -0.2) is 31.3 Å². The second-order valence-electron chi connectivity index (χ2n) is 7.32. The molecular weight excluding hydrogens is 456 g/mol. The lowest BCUT2D eigenvalue weighted by molar-refractivity contribution is 0.520. The van der Waals surface area contributed by atoms with Gasteiger partial charge >= 0.3 is 0 Å². The zero-order valence-electron chi connectivity index (χ0n) is 17.6. The molecule has 0 aliphatic heterocycles. The molecule has 0 saturated carbocycles. The van der Waals surface area contributed by atoms with Gasteiger partial charge in [0.05, 0.1) is 20.8 Å². The smallest absolute Gasteiger partial charge is 0.242 e. The fraction of sp³-hybridized carbons (Fsp3) is 0.350. The van der Waals surface area contributed by atoms with Crippen LogP contribution in [-0.4, -0.2) is 44.8 Å². The summed E-state index contributed by atoms with van der Waals surface area (Å²) in [6.07, 6.45) is 1.95. The van der Waals surface area contributed by atoms with Gasteiger partial charge in [-0.15, -0.1) is 0 Å². The van der Waals surface area contributed by atoms with E-state index in [-0.39, 0.29) is 9.79 Å². The van der Waals surface area contributed by atoms with Crippen molar-refractivity contribution in [3.63, 3.8) is 0 Å². The Labute approximate surface area is 187 Å². The van der Waals surface area contributed by atoms with Gasteiger partial charge in [-0.1, -0.05) is 37.2 Å². The van der Waals surface area contributed by atoms with Gasteiger partial charge in [0.15, 0.2) is 5.16 Å². The number of sulfonamides is 2. The summed E-state index contributed by atoms with van der Waals surface area (Å²) in [5.41, 5.74) is 2.26. The van der Waals surface area contributed by atoms with Gasteiger partial charge in [-0.3, -0.25) is 0 Å². The van der Waals surface area contributed by atoms with Crippen LogP contribution in [0.15, 0.2) is 57.4 Å². The number of hydrogen-bond donors (Lipinski definition) is 1. The van der Waals surface area contributed by atoms with E-state index in [1.165, 1.54) is 42.3 Å². The van der Waals surface area contributed by atoms with E-state index < -0.39 is 20.0 Å². The number of nitrogens with two attached hydrogens (primary N) is 1. The molecule has 3 rings (SSSR count). The molecule has 31 heavy (non-hydrogen) atoms. The van der Waals surface area contributed by atoms with Crippen molar-refractivity contribution >= 4 is 42.8 Å². The van der Waals surface area contributed by atoms with Crippen LogP contribution in [0.2, 0.25) is 0 Å². The number of unbranched alkanes of at least 4 members (excludes halogenated alkanes) is 1. The van der Waals surface area contributed by atoms with E-state index in [2.05, 4.69) is 16.5 Å². The maximum Gasteiger partial charge on any atom is 0.242 e. The highest BCUT2D eigenvalue weighted by Crippen LogP contribution is 2.29. The van der Waals surface area contributed by atoms with Gasteiger partial charge < -0.3 is 4.57 Å². The molecule has 0 saturated heterocycles. The first-order valence-electron chi connectivity index (χ1n) is 9.71. The molecule has 0 fully saturated rings. The van der Waals surface area contributed by atoms with Crippen molar-refractivity contribution in [2.45, 2.75) is 47.0 Å². The first-order chi connectivity index (χ1) is 14.5. The Morgan fingerprint density at radius 2 is 1.81 bits per heavy atom. The predicted molar refractivity (Wildman–Crippen MR) is 123 cm³/mol. The lowest BCUT2D eigenvalue weighted by Gasteiger charge is -2.12. The normalized spacial score (nSPS) is 12.7. The van der Waals surface area contributed by atoms with Crippen LogP contribution in [0, 0.1) is 0 Å². The van der Waals surface area contributed by atoms with Crippen molar-refractivity contribution in [1.29, 1.82) is 0 Å². The summed E-state index contributed by atoms with van der Waals surface area (Å²) < 4.78 is 51.5. The molecule has 3 aromatic rings. The Balaban J connectivity index is 1.94. The van der Waals surface area contributed by atoms with Gasteiger partial charge in [0.25, 0.3) is 0 Å². The number of imidazole rings is 1. The number of hydrogen-bond acceptors (Lipinski definition) is 6. The average Bonchev–Trinajstić information content (AvgIpc) is 3.06. The molecular formula is C20H26N4O4S3. The molecule has 11 heteroatoms. The fourth-order valence-corrected chi connectivity index (χ4v) is 5.55. The minimum Gasteiger partial charge on any atom is -0.319 e. The van der Waals surface area contributed by atoms with E-state index in [1.807, 2.05) is 6.07 Å². The summed E-state index contributed by atoms with van der Waals surface area (Å²) in [6.45, 7) is 2.85. The van der Waals surface area contributed by atoms with Crippen molar-refractivity contribution in [2.75, 3.05) is 14.1 Å². The molecule has 1 heterocycles. The Bertz CT molecular complexity index is 1300. The molecule has 0 aliphatic carbocycles. The van der Waals surface area contributed by atoms with Gasteiger partial charge in [0, 0.05) is 26.4 Å². The topological polar surface area (TPSA) is 115 Å². The highest BCUT2D eigenvalue weighted by atomic mass is 32.2. The fourth-order valence-electron chi connectivity index (χ4n) is 3.06. The largest absolute Gasteiger partial charge is 0.319 e. The summed E-state index contributed by atoms with van der Waals surface area (Å²) in [6, 6.07) is 11.6. The van der Waals surface area contributed by atoms with Crippen LogP contribution < -0.4 is 5.14 Å². The molecule has 0 radical (unpaired) electrons. The number of primary sulfonamides is 1. The number of aryl methyl sites for hydroxylation is 1. The monoisotopic (exact) mass is 482 g/mol. The van der Waals surface area contributed by atoms with Crippen molar-refractivity contribution in [2.24, 2.45) is 5.14 Å². The number of rotatable bonds is 9. The standard InChI is InChI=1S/C20H26N4O4S3/c1-4-5-11-24-19-10-9-16(30(21,25)26)13-18(19)22-20(24)29-14-15-7-6-8-17(12-15)31(27,28)23(2)3/h6-10,12-13H,4-5,11,14H2,1-3H3,(H2,21,25,26). The van der Waals surface area contributed by atoms with Crippen LogP contribution in [0.3, 0.4) is 0 Å². The molecule has 0 bridgehead atoms. The average molecular weight is 483 g/mol. The number of thioether (sulfide) groups is 1. The third-order valence-electron chi connectivity index (χ3n) is 4.79. The lowest BCUT2D eigenvalue weighted by atomic mass is 10.2. The summed E-state index contributed by atoms with van der Waals surface area (Å²) in [7, 11) is -4.31. The van der Waals surface area contributed by atoms with E-state index in [4.69, 9.17) is 5.14 Å². The lowest BCUT2D eigenvalue weighted by Crippen LogP contribution is -2.22. The molecule has 0 unspecified atom stereocenters. The second kappa shape index (κ2) is 9.29. The number of fused-ring (bicyclic) bond motifs is 1. The van der Waals surface area contributed by atoms with E-state index in [9.17, 15) is 16.8 Å². The number of benzene rings is 2. The van der Waals surface area contributed by atoms with Crippen molar-refractivity contribution in [3.8, 4) is 0 Å². The van der Waals surface area contributed by atoms with E-state index >= 15 is 0 Å². The first-order valence-corrected chi connectivity index (χ1v) is 13.7. The van der Waals surface area contributed by atoms with Crippen LogP contribution in [0.4, 0.5) is 0 Å². The third-order valence-corrected chi connectivity index (χ3v) is 8.56. The van der Waals surface area contributed by atoms with Crippen LogP contribution in [-0.2, 0) is 32.3 Å². The summed E-state index contributed by atoms with van der Waals surface area (Å²) >= 11 is 1.48. The quantitative estimate of drug-likeness (QED) is 0.469. The first kappa shape index (κ1) is 23.7. The van der Waals surface area contributed by atoms with Gasteiger partial charge in [-0.2, -0.15) is 0 Å². The zero-order chi connectivity index (χ0) is 22.8. The van der Waals surface area contributed by atoms with Crippen molar-refractivity contribution < 1.29 is 16.8 Å². The van der Waals surface area contributed by atoms with Gasteiger partial charge in [0.2, 0.25) is 20.0 Å².